The molecule has 0 bridgehead atoms. The molecule has 0 aromatic heterocycles. The number of ether oxygens (including phenoxy) is 1. The third kappa shape index (κ3) is 15.9. The number of Topliss-reactive ketones (excluding diaryl/α,β-unsaturated/α-hetero) is 1. The zero-order valence-corrected chi connectivity index (χ0v) is 19.2. The summed E-state index contributed by atoms with van der Waals surface area (Å²) in [6.45, 7) is 6.01. The molecule has 174 valence electrons. The van der Waals surface area contributed by atoms with E-state index in [4.69, 9.17) is 4.74 Å². The number of nitrogens with one attached hydrogen (secondary N) is 2. The van der Waals surface area contributed by atoms with Gasteiger partial charge in [-0.2, -0.15) is 0 Å². The Morgan fingerprint density at radius 1 is 0.700 bits per heavy atom. The topological polar surface area (TPSA) is 102 Å². The average Bonchev–Trinajstić information content (AvgIpc) is 2.71. The fourth-order valence-corrected chi connectivity index (χ4v) is 3.01. The van der Waals surface area contributed by atoms with Crippen molar-refractivity contribution >= 4 is 23.6 Å². The highest BCUT2D eigenvalue weighted by atomic mass is 16.5. The van der Waals surface area contributed by atoms with Crippen LogP contribution >= 0.6 is 0 Å². The second kappa shape index (κ2) is 19.1. The molecule has 0 rings (SSSR count). The molecule has 0 fully saturated rings. The summed E-state index contributed by atoms with van der Waals surface area (Å²) >= 11 is 0. The Bertz CT molecular complexity index is 508. The van der Waals surface area contributed by atoms with E-state index in [1.54, 1.807) is 0 Å². The first-order valence-corrected chi connectivity index (χ1v) is 11.7. The Labute approximate surface area is 182 Å². The normalized spacial score (nSPS) is 11.6. The number of esters is 1. The van der Waals surface area contributed by atoms with Gasteiger partial charge in [-0.25, -0.2) is 4.79 Å². The Kier molecular flexibility index (Phi) is 17.8. The number of ketones is 1. The van der Waals surface area contributed by atoms with Crippen LogP contribution in [0.25, 0.3) is 0 Å². The van der Waals surface area contributed by atoms with Crippen molar-refractivity contribution in [2.75, 3.05) is 13.2 Å². The molecule has 2 N–H and O–H groups in total. The highest BCUT2D eigenvalue weighted by molar-refractivity contribution is 6.33. The summed E-state index contributed by atoms with van der Waals surface area (Å²) in [6, 6.07) is -0.551. The van der Waals surface area contributed by atoms with Gasteiger partial charge >= 0.3 is 5.97 Å². The van der Waals surface area contributed by atoms with E-state index in [0.29, 0.717) is 25.7 Å². The van der Waals surface area contributed by atoms with Gasteiger partial charge in [0.05, 0.1) is 6.04 Å². The molecule has 0 heterocycles. The minimum Gasteiger partial charge on any atom is -0.458 e. The lowest BCUT2D eigenvalue weighted by molar-refractivity contribution is -0.154. The minimum atomic E-state index is -0.868. The summed E-state index contributed by atoms with van der Waals surface area (Å²) in [5, 5.41) is 5.47. The molecule has 0 aliphatic rings. The summed E-state index contributed by atoms with van der Waals surface area (Å²) in [7, 11) is 0. The number of carbonyl (C=O) groups is 4. The van der Waals surface area contributed by atoms with Crippen LogP contribution in [-0.4, -0.2) is 42.8 Å². The number of hydrogen-bond acceptors (Lipinski definition) is 5. The highest BCUT2D eigenvalue weighted by Gasteiger charge is 2.19. The standard InChI is InChI=1S/C23H42N2O5/c1-4-7-8-9-10-11-12-13-16-20(26)23(29)30-18-19(25-22(28)15-6-3)17-24-21(27)14-5-2/h19H,4-18H2,1-3H3,(H,24,27)(H,25,28). The fourth-order valence-electron chi connectivity index (χ4n) is 3.01. The molecular weight excluding hydrogens is 384 g/mol. The van der Waals surface area contributed by atoms with E-state index in [2.05, 4.69) is 17.6 Å². The number of carbonyl (C=O) groups excluding carboxylic acids is 4. The summed E-state index contributed by atoms with van der Waals surface area (Å²) in [4.78, 5) is 47.5. The van der Waals surface area contributed by atoms with Crippen LogP contribution in [0.15, 0.2) is 0 Å². The Balaban J connectivity index is 4.22. The average molecular weight is 427 g/mol. The molecule has 7 nitrogen and oxygen atoms in total. The van der Waals surface area contributed by atoms with Crippen LogP contribution in [0.1, 0.15) is 104 Å². The fraction of sp³-hybridized carbons (Fsp3) is 0.826. The lowest BCUT2D eigenvalue weighted by Crippen LogP contribution is -2.47. The van der Waals surface area contributed by atoms with E-state index < -0.39 is 17.8 Å². The third-order valence-corrected chi connectivity index (χ3v) is 4.77. The van der Waals surface area contributed by atoms with E-state index in [0.717, 1.165) is 19.3 Å². The van der Waals surface area contributed by atoms with E-state index >= 15 is 0 Å². The summed E-state index contributed by atoms with van der Waals surface area (Å²) in [6.07, 6.45) is 11.2. The molecule has 0 aromatic carbocycles. The molecule has 7 heteroatoms. The van der Waals surface area contributed by atoms with Crippen molar-refractivity contribution in [2.24, 2.45) is 0 Å². The summed E-state index contributed by atoms with van der Waals surface area (Å²) in [5.74, 6) is -1.69. The van der Waals surface area contributed by atoms with E-state index in [1.165, 1.54) is 32.1 Å². The molecule has 1 atom stereocenters. The number of rotatable bonds is 19. The SMILES string of the molecule is CCCCCCCCCCC(=O)C(=O)OCC(CNC(=O)CCC)NC(=O)CCC. The predicted molar refractivity (Wildman–Crippen MR) is 118 cm³/mol. The summed E-state index contributed by atoms with van der Waals surface area (Å²) in [5.41, 5.74) is 0. The van der Waals surface area contributed by atoms with E-state index in [1.807, 2.05) is 13.8 Å². The molecule has 0 radical (unpaired) electrons. The molecule has 1 unspecified atom stereocenters. The van der Waals surface area contributed by atoms with Crippen molar-refractivity contribution in [3.63, 3.8) is 0 Å². The molecule has 0 aliphatic heterocycles. The Morgan fingerprint density at radius 3 is 1.87 bits per heavy atom. The first-order chi connectivity index (χ1) is 14.4. The van der Waals surface area contributed by atoms with Gasteiger partial charge < -0.3 is 15.4 Å². The highest BCUT2D eigenvalue weighted by Crippen LogP contribution is 2.10. The molecule has 2 amide bonds. The summed E-state index contributed by atoms with van der Waals surface area (Å²) < 4.78 is 5.11. The zero-order chi connectivity index (χ0) is 22.6. The molecule has 0 saturated heterocycles. The van der Waals surface area contributed by atoms with Gasteiger partial charge in [-0.15, -0.1) is 0 Å². The Hall–Kier alpha value is -1.92. The molecule has 0 spiro atoms. The van der Waals surface area contributed by atoms with Gasteiger partial charge in [0.25, 0.3) is 0 Å². The van der Waals surface area contributed by atoms with Crippen LogP contribution in [0.2, 0.25) is 0 Å². The monoisotopic (exact) mass is 426 g/mol. The maximum Gasteiger partial charge on any atom is 0.374 e. The zero-order valence-electron chi connectivity index (χ0n) is 19.2. The van der Waals surface area contributed by atoms with Crippen LogP contribution < -0.4 is 10.6 Å². The molecule has 30 heavy (non-hydrogen) atoms. The van der Waals surface area contributed by atoms with Crippen LogP contribution in [0.3, 0.4) is 0 Å². The first kappa shape index (κ1) is 28.1. The number of hydrogen-bond donors (Lipinski definition) is 2. The van der Waals surface area contributed by atoms with Gasteiger partial charge in [0.1, 0.15) is 6.61 Å². The van der Waals surface area contributed by atoms with Crippen molar-refractivity contribution < 1.29 is 23.9 Å². The lowest BCUT2D eigenvalue weighted by atomic mass is 10.1. The van der Waals surface area contributed by atoms with Gasteiger partial charge in [-0.1, -0.05) is 65.7 Å². The number of unbranched alkanes of at least 4 members (excludes halogenated alkanes) is 7. The van der Waals surface area contributed by atoms with E-state index in [-0.39, 0.29) is 31.4 Å². The molecular formula is C23H42N2O5. The van der Waals surface area contributed by atoms with Crippen molar-refractivity contribution in [3.05, 3.63) is 0 Å². The minimum absolute atomic E-state index is 0.121. The lowest BCUT2D eigenvalue weighted by Gasteiger charge is -2.19. The molecule has 0 aromatic rings. The van der Waals surface area contributed by atoms with Gasteiger partial charge in [0.2, 0.25) is 17.6 Å². The third-order valence-electron chi connectivity index (χ3n) is 4.77. The largest absolute Gasteiger partial charge is 0.458 e. The van der Waals surface area contributed by atoms with Crippen LogP contribution in [0, 0.1) is 0 Å². The maximum atomic E-state index is 12.0. The van der Waals surface area contributed by atoms with Gasteiger partial charge in [-0.3, -0.25) is 14.4 Å². The van der Waals surface area contributed by atoms with E-state index in [9.17, 15) is 19.2 Å². The van der Waals surface area contributed by atoms with Crippen molar-refractivity contribution in [2.45, 2.75) is 110 Å². The van der Waals surface area contributed by atoms with Crippen LogP contribution in [0.4, 0.5) is 0 Å². The number of amides is 2. The van der Waals surface area contributed by atoms with Crippen molar-refractivity contribution in [3.8, 4) is 0 Å². The van der Waals surface area contributed by atoms with Crippen molar-refractivity contribution in [1.82, 2.24) is 10.6 Å². The smallest absolute Gasteiger partial charge is 0.374 e. The van der Waals surface area contributed by atoms with Gasteiger partial charge in [-0.05, 0) is 19.3 Å². The predicted octanol–water partition coefficient (Wildman–Crippen LogP) is 3.83. The Morgan fingerprint density at radius 2 is 1.27 bits per heavy atom. The quantitative estimate of drug-likeness (QED) is 0.186. The molecule has 0 saturated carbocycles. The second-order valence-electron chi connectivity index (χ2n) is 7.82. The van der Waals surface area contributed by atoms with Gasteiger partial charge in [0, 0.05) is 25.8 Å². The first-order valence-electron chi connectivity index (χ1n) is 11.7. The van der Waals surface area contributed by atoms with Gasteiger partial charge in [0.15, 0.2) is 0 Å². The van der Waals surface area contributed by atoms with Crippen molar-refractivity contribution in [1.29, 1.82) is 0 Å². The van der Waals surface area contributed by atoms with Crippen LogP contribution in [-0.2, 0) is 23.9 Å². The second-order valence-corrected chi connectivity index (χ2v) is 7.82. The van der Waals surface area contributed by atoms with Crippen LogP contribution in [0.5, 0.6) is 0 Å². The molecule has 0 aliphatic carbocycles. The maximum absolute atomic E-state index is 12.0.